The molecule has 0 aliphatic carbocycles. The summed E-state index contributed by atoms with van der Waals surface area (Å²) in [6, 6.07) is 12.7. The van der Waals surface area contributed by atoms with Crippen LogP contribution in [0.3, 0.4) is 0 Å². The highest BCUT2D eigenvalue weighted by molar-refractivity contribution is 6.07. The molecule has 0 bridgehead atoms. The molecule has 2 aliphatic rings. The minimum absolute atomic E-state index is 0.0540. The summed E-state index contributed by atoms with van der Waals surface area (Å²) in [5.41, 5.74) is 0.224. The number of halogens is 3. The number of anilines is 1. The quantitative estimate of drug-likeness (QED) is 0.530. The first kappa shape index (κ1) is 29.6. The van der Waals surface area contributed by atoms with Crippen molar-refractivity contribution in [2.45, 2.75) is 56.4 Å². The van der Waals surface area contributed by atoms with Crippen LogP contribution in [-0.4, -0.2) is 65.3 Å². The van der Waals surface area contributed by atoms with Gasteiger partial charge in [-0.3, -0.25) is 19.2 Å². The van der Waals surface area contributed by atoms with E-state index in [-0.39, 0.29) is 36.8 Å². The summed E-state index contributed by atoms with van der Waals surface area (Å²) in [6.07, 6.45) is -5.06. The van der Waals surface area contributed by atoms with Crippen molar-refractivity contribution in [1.29, 1.82) is 5.26 Å². The Labute approximate surface area is 235 Å². The number of likely N-dealkylation sites (tertiary alicyclic amines) is 1. The zero-order valence-corrected chi connectivity index (χ0v) is 22.7. The van der Waals surface area contributed by atoms with Crippen LogP contribution in [0.15, 0.2) is 54.6 Å². The highest BCUT2D eigenvalue weighted by Gasteiger charge is 2.57. The van der Waals surface area contributed by atoms with Gasteiger partial charge in [0.2, 0.25) is 17.7 Å². The van der Waals surface area contributed by atoms with E-state index in [1.165, 1.54) is 36.2 Å². The molecular formula is C29H30F3N5O4. The first-order valence-corrected chi connectivity index (χ1v) is 13.1. The Morgan fingerprint density at radius 2 is 1.78 bits per heavy atom. The van der Waals surface area contributed by atoms with E-state index in [4.69, 9.17) is 0 Å². The van der Waals surface area contributed by atoms with Gasteiger partial charge >= 0.3 is 12.1 Å². The third kappa shape index (κ3) is 5.62. The van der Waals surface area contributed by atoms with Crippen molar-refractivity contribution < 1.29 is 32.3 Å². The normalized spacial score (nSPS) is 21.2. The Morgan fingerprint density at radius 1 is 1.15 bits per heavy atom. The maximum Gasteiger partial charge on any atom is 0.471 e. The molecular weight excluding hydrogens is 539 g/mol. The number of alkyl halides is 3. The molecule has 9 nitrogen and oxygen atoms in total. The molecule has 41 heavy (non-hydrogen) atoms. The van der Waals surface area contributed by atoms with Gasteiger partial charge in [0.1, 0.15) is 18.1 Å². The van der Waals surface area contributed by atoms with E-state index in [0.717, 1.165) is 4.90 Å². The third-order valence-corrected chi connectivity index (χ3v) is 7.62. The van der Waals surface area contributed by atoms with E-state index in [1.807, 2.05) is 13.8 Å². The van der Waals surface area contributed by atoms with E-state index in [0.29, 0.717) is 11.3 Å². The van der Waals surface area contributed by atoms with Crippen molar-refractivity contribution in [2.24, 2.45) is 5.92 Å². The molecule has 2 aliphatic heterocycles. The average Bonchev–Trinajstić information content (AvgIpc) is 3.46. The third-order valence-electron chi connectivity index (χ3n) is 7.62. The lowest BCUT2D eigenvalue weighted by Crippen LogP contribution is -2.54. The van der Waals surface area contributed by atoms with Gasteiger partial charge < -0.3 is 20.4 Å². The molecule has 1 spiro atoms. The van der Waals surface area contributed by atoms with Crippen molar-refractivity contribution in [1.82, 2.24) is 15.1 Å². The monoisotopic (exact) mass is 569 g/mol. The summed E-state index contributed by atoms with van der Waals surface area (Å²) in [4.78, 5) is 55.1. The maximum atomic E-state index is 14.1. The number of benzene rings is 2. The molecule has 2 heterocycles. The minimum Gasteiger partial charge on any atom is -0.333 e. The molecule has 4 amide bonds. The minimum atomic E-state index is -5.24. The second-order valence-corrected chi connectivity index (χ2v) is 10.8. The molecule has 4 atom stereocenters. The predicted molar refractivity (Wildman–Crippen MR) is 142 cm³/mol. The Morgan fingerprint density at radius 3 is 2.39 bits per heavy atom. The lowest BCUT2D eigenvalue weighted by molar-refractivity contribution is -0.175. The first-order chi connectivity index (χ1) is 19.3. The number of para-hydroxylation sites is 1. The number of nitrogens with zero attached hydrogens (tertiary/aromatic N) is 3. The van der Waals surface area contributed by atoms with Crippen LogP contribution in [0.5, 0.6) is 0 Å². The fourth-order valence-corrected chi connectivity index (χ4v) is 5.55. The Balaban J connectivity index is 1.67. The molecule has 2 aromatic carbocycles. The van der Waals surface area contributed by atoms with Gasteiger partial charge in [-0.05, 0) is 29.5 Å². The number of rotatable bonds is 7. The van der Waals surface area contributed by atoms with Crippen LogP contribution in [0.25, 0.3) is 0 Å². The maximum absolute atomic E-state index is 14.1. The summed E-state index contributed by atoms with van der Waals surface area (Å²) >= 11 is 0. The smallest absolute Gasteiger partial charge is 0.333 e. The fourth-order valence-electron chi connectivity index (χ4n) is 5.55. The molecule has 1 fully saturated rings. The van der Waals surface area contributed by atoms with Gasteiger partial charge in [-0.2, -0.15) is 18.4 Å². The van der Waals surface area contributed by atoms with Crippen molar-refractivity contribution in [3.63, 3.8) is 0 Å². The van der Waals surface area contributed by atoms with Gasteiger partial charge in [-0.25, -0.2) is 0 Å². The largest absolute Gasteiger partial charge is 0.471 e. The number of nitrogens with one attached hydrogen (secondary N) is 2. The number of hydrogen-bond donors (Lipinski definition) is 2. The van der Waals surface area contributed by atoms with Crippen LogP contribution in [0.2, 0.25) is 0 Å². The van der Waals surface area contributed by atoms with Crippen molar-refractivity contribution in [3.8, 4) is 6.07 Å². The molecule has 2 aromatic rings. The number of carbonyl (C=O) groups excluding carboxylic acids is 4. The first-order valence-electron chi connectivity index (χ1n) is 13.1. The molecule has 12 heteroatoms. The second kappa shape index (κ2) is 11.2. The number of carbonyl (C=O) groups is 4. The number of nitriles is 1. The summed E-state index contributed by atoms with van der Waals surface area (Å²) in [6.45, 7) is 3.52. The molecule has 0 saturated carbocycles. The number of fused-ring (bicyclic) bond motifs is 2. The van der Waals surface area contributed by atoms with Crippen LogP contribution >= 0.6 is 0 Å². The molecule has 0 aromatic heterocycles. The van der Waals surface area contributed by atoms with Gasteiger partial charge in [-0.1, -0.05) is 62.4 Å². The molecule has 0 radical (unpaired) electrons. The summed E-state index contributed by atoms with van der Waals surface area (Å²) < 4.78 is 39.5. The van der Waals surface area contributed by atoms with Gasteiger partial charge in [-0.15, -0.1) is 0 Å². The van der Waals surface area contributed by atoms with E-state index in [9.17, 15) is 37.6 Å². The molecule has 216 valence electrons. The van der Waals surface area contributed by atoms with Gasteiger partial charge in [0.15, 0.2) is 0 Å². The Hall–Kier alpha value is -4.40. The number of likely N-dealkylation sites (N-methyl/N-ethyl adjacent to an activating group) is 1. The van der Waals surface area contributed by atoms with Crippen LogP contribution in [0, 0.1) is 17.2 Å². The van der Waals surface area contributed by atoms with Gasteiger partial charge in [0.25, 0.3) is 0 Å². The van der Waals surface area contributed by atoms with Gasteiger partial charge in [0, 0.05) is 25.7 Å². The summed E-state index contributed by atoms with van der Waals surface area (Å²) in [5.74, 6) is -4.30. The van der Waals surface area contributed by atoms with Crippen LogP contribution < -0.4 is 10.6 Å². The van der Waals surface area contributed by atoms with Crippen molar-refractivity contribution in [3.05, 3.63) is 65.7 Å². The standard InChI is InChI=1S/C29H30F3N5O4/c1-17(2)13-22(36(3)25(39)23(18-9-5-4-6-10-18)35-27(41)29(30,31)32)24(38)37-16-28(14-19(37)15-33)20-11-7-8-12-21(20)34-26(28)40/h4-12,17,19,22-23H,13-14,16H2,1-3H3,(H,34,40)(H,35,41)/t19-,22-,23-,28-/m0/s1. The molecule has 1 saturated heterocycles. The lowest BCUT2D eigenvalue weighted by atomic mass is 9.80. The average molecular weight is 570 g/mol. The lowest BCUT2D eigenvalue weighted by Gasteiger charge is -2.35. The van der Waals surface area contributed by atoms with E-state index in [1.54, 1.807) is 35.6 Å². The molecule has 2 N–H and O–H groups in total. The van der Waals surface area contributed by atoms with E-state index in [2.05, 4.69) is 11.4 Å². The molecule has 0 unspecified atom stereocenters. The zero-order chi connectivity index (χ0) is 30.1. The molecule has 4 rings (SSSR count). The van der Waals surface area contributed by atoms with Crippen molar-refractivity contribution in [2.75, 3.05) is 18.9 Å². The highest BCUT2D eigenvalue weighted by Crippen LogP contribution is 2.46. The van der Waals surface area contributed by atoms with E-state index < -0.39 is 47.4 Å². The Kier molecular flexibility index (Phi) is 8.10. The highest BCUT2D eigenvalue weighted by atomic mass is 19.4. The van der Waals surface area contributed by atoms with E-state index >= 15 is 0 Å². The number of amides is 4. The number of hydrogen-bond acceptors (Lipinski definition) is 5. The summed E-state index contributed by atoms with van der Waals surface area (Å²) in [7, 11) is 1.29. The van der Waals surface area contributed by atoms with Crippen LogP contribution in [-0.2, 0) is 24.6 Å². The predicted octanol–water partition coefficient (Wildman–Crippen LogP) is 3.29. The summed E-state index contributed by atoms with van der Waals surface area (Å²) in [5, 5.41) is 14.6. The fraction of sp³-hybridized carbons (Fsp3) is 0.414. The Bertz CT molecular complexity index is 1390. The topological polar surface area (TPSA) is 123 Å². The SMILES string of the molecule is CC(C)C[C@@H](C(=O)N1C[C@]2(C[C@H]1C#N)C(=O)Nc1ccccc12)N(C)C(=O)[C@@H](NC(=O)C(F)(F)F)c1ccccc1. The van der Waals surface area contributed by atoms with Crippen LogP contribution in [0.1, 0.15) is 43.9 Å². The second-order valence-electron chi connectivity index (χ2n) is 10.8. The van der Waals surface area contributed by atoms with Crippen LogP contribution in [0.4, 0.5) is 18.9 Å². The van der Waals surface area contributed by atoms with Gasteiger partial charge in [0.05, 0.1) is 11.5 Å². The zero-order valence-electron chi connectivity index (χ0n) is 22.7. The van der Waals surface area contributed by atoms with Crippen molar-refractivity contribution >= 4 is 29.3 Å².